The van der Waals surface area contributed by atoms with Gasteiger partial charge in [-0.3, -0.25) is 0 Å². The number of carbonyl (C=O) groups excluding carboxylic acids is 4. The van der Waals surface area contributed by atoms with Gasteiger partial charge >= 0.3 is 23.9 Å². The van der Waals surface area contributed by atoms with Crippen LogP contribution in [0.25, 0.3) is 90.9 Å². The number of aliphatic hydroxyl groups excluding tert-OH is 1. The number of ether oxygens (including phenoxy) is 4. The zero-order chi connectivity index (χ0) is 45.9. The molecule has 0 saturated carbocycles. The van der Waals surface area contributed by atoms with Gasteiger partial charge in [-0.2, -0.15) is 0 Å². The van der Waals surface area contributed by atoms with Crippen LogP contribution in [0.4, 0.5) is 0 Å². The number of hydrogen-bond acceptors (Lipinski definition) is 11. The highest BCUT2D eigenvalue weighted by Gasteiger charge is 2.21. The van der Waals surface area contributed by atoms with E-state index in [-0.39, 0.29) is 13.2 Å². The minimum Gasteiger partial charge on any atom is -0.465 e. The van der Waals surface area contributed by atoms with Gasteiger partial charge in [-0.05, 0) is 119 Å². The molecule has 0 amide bonds. The zero-order valence-corrected chi connectivity index (χ0v) is 35.9. The van der Waals surface area contributed by atoms with Crippen molar-refractivity contribution in [3.63, 3.8) is 0 Å². The monoisotopic (exact) mass is 876 g/mol. The number of nitrogens with zero attached hydrogens (tertiary/aromatic N) is 2. The third kappa shape index (κ3) is 8.17. The second-order valence-electron chi connectivity index (χ2n) is 15.1. The lowest BCUT2D eigenvalue weighted by Gasteiger charge is -2.08. The van der Waals surface area contributed by atoms with Crippen LogP contribution in [0.3, 0.4) is 0 Å². The number of fused-ring (bicyclic) bond motifs is 8. The number of hydrogen-bond donors (Lipinski definition) is 3. The van der Waals surface area contributed by atoms with E-state index in [1.807, 2.05) is 97.1 Å². The van der Waals surface area contributed by atoms with Crippen LogP contribution in [-0.2, 0) is 18.9 Å². The predicted molar refractivity (Wildman–Crippen MR) is 252 cm³/mol. The van der Waals surface area contributed by atoms with Gasteiger partial charge in [0.05, 0.1) is 73.0 Å². The van der Waals surface area contributed by atoms with E-state index in [0.29, 0.717) is 56.1 Å². The van der Waals surface area contributed by atoms with Crippen molar-refractivity contribution in [3.05, 3.63) is 166 Å². The Hall–Kier alpha value is -8.68. The van der Waals surface area contributed by atoms with Crippen molar-refractivity contribution >= 4 is 70.2 Å². The molecule has 0 spiro atoms. The van der Waals surface area contributed by atoms with Crippen molar-refractivity contribution in [2.75, 3.05) is 34.5 Å². The average molecular weight is 877 g/mol. The summed E-state index contributed by atoms with van der Waals surface area (Å²) in [6.07, 6.45) is 7.74. The number of H-pyrrole nitrogens is 2. The first kappa shape index (κ1) is 42.6. The highest BCUT2D eigenvalue weighted by Crippen LogP contribution is 2.39. The summed E-state index contributed by atoms with van der Waals surface area (Å²) in [6.45, 7) is -0.411. The summed E-state index contributed by atoms with van der Waals surface area (Å²) in [5, 5.41) is 9.22. The Morgan fingerprint density at radius 3 is 0.909 bits per heavy atom. The number of nitrogens with one attached hydrogen (secondary N) is 2. The van der Waals surface area contributed by atoms with Gasteiger partial charge in [-0.15, -0.1) is 0 Å². The Balaban J connectivity index is 1.38. The quantitative estimate of drug-likeness (QED) is 0.0878. The lowest BCUT2D eigenvalue weighted by Crippen LogP contribution is -2.08. The fourth-order valence-corrected chi connectivity index (χ4v) is 8.09. The topological polar surface area (TPSA) is 183 Å². The van der Waals surface area contributed by atoms with Gasteiger partial charge in [0.15, 0.2) is 0 Å². The molecular formula is C53H40N4O9. The Kier molecular flexibility index (Phi) is 11.7. The summed E-state index contributed by atoms with van der Waals surface area (Å²) in [4.78, 5) is 68.2. The van der Waals surface area contributed by atoms with Crippen molar-refractivity contribution in [2.45, 2.75) is 0 Å². The van der Waals surface area contributed by atoms with E-state index >= 15 is 0 Å². The summed E-state index contributed by atoms with van der Waals surface area (Å²) in [5.41, 5.74) is 12.9. The molecule has 0 fully saturated rings. The van der Waals surface area contributed by atoms with E-state index in [1.165, 1.54) is 21.3 Å². The fourth-order valence-electron chi connectivity index (χ4n) is 8.09. The lowest BCUT2D eigenvalue weighted by molar-refractivity contribution is 0.0433. The normalized spacial score (nSPS) is 11.6. The van der Waals surface area contributed by atoms with Crippen molar-refractivity contribution in [2.24, 2.45) is 0 Å². The Bertz CT molecular complexity index is 3230. The van der Waals surface area contributed by atoms with Crippen molar-refractivity contribution < 1.29 is 43.2 Å². The van der Waals surface area contributed by atoms with Gasteiger partial charge < -0.3 is 34.0 Å². The molecule has 0 saturated heterocycles. The van der Waals surface area contributed by atoms with Gasteiger partial charge in [-0.25, -0.2) is 29.1 Å². The van der Waals surface area contributed by atoms with Crippen molar-refractivity contribution in [1.82, 2.24) is 19.9 Å². The lowest BCUT2D eigenvalue weighted by atomic mass is 10.0. The summed E-state index contributed by atoms with van der Waals surface area (Å²) < 4.78 is 20.1. The van der Waals surface area contributed by atoms with E-state index in [2.05, 4.69) is 9.97 Å². The number of esters is 4. The maximum atomic E-state index is 12.8. The van der Waals surface area contributed by atoms with Crippen LogP contribution >= 0.6 is 0 Å². The minimum atomic E-state index is -0.560. The molecular weight excluding hydrogens is 837 g/mol. The molecule has 326 valence electrons. The standard InChI is InChI=1S/C53H40N4O9/c1-63-50(59)34-12-4-30(5-13-34)46-38-20-22-40(54-38)47(31-6-14-35(15-7-31)51(60)64-2)42-24-26-44(56-42)49(33-10-18-37(19-11-33)53(62)66-29-28-58)45-27-25-43(57-45)48(41-23-21-39(46)55-41)32-8-16-36(17-9-32)52(61)65-3/h4-27,54,57-58H,28-29H2,1-3H3. The Morgan fingerprint density at radius 2 is 0.667 bits per heavy atom. The predicted octanol–water partition coefficient (Wildman–Crippen LogP) is 9.83. The van der Waals surface area contributed by atoms with Crippen molar-refractivity contribution in [1.29, 1.82) is 0 Å². The smallest absolute Gasteiger partial charge is 0.338 e. The van der Waals surface area contributed by atoms with Gasteiger partial charge in [-0.1, -0.05) is 48.5 Å². The molecule has 0 aliphatic carbocycles. The summed E-state index contributed by atoms with van der Waals surface area (Å²) >= 11 is 0. The van der Waals surface area contributed by atoms with Crippen LogP contribution in [-0.4, -0.2) is 83.5 Å². The maximum Gasteiger partial charge on any atom is 0.338 e. The Morgan fingerprint density at radius 1 is 0.409 bits per heavy atom. The molecule has 0 atom stereocenters. The molecule has 3 N–H and O–H groups in total. The number of benzene rings is 4. The van der Waals surface area contributed by atoms with E-state index in [4.69, 9.17) is 28.9 Å². The highest BCUT2D eigenvalue weighted by molar-refractivity contribution is 6.01. The molecule has 13 nitrogen and oxygen atoms in total. The third-order valence-corrected chi connectivity index (χ3v) is 11.3. The van der Waals surface area contributed by atoms with Crippen LogP contribution in [0.1, 0.15) is 64.2 Å². The van der Waals surface area contributed by atoms with Crippen LogP contribution in [0, 0.1) is 0 Å². The van der Waals surface area contributed by atoms with E-state index in [9.17, 15) is 24.3 Å². The third-order valence-electron chi connectivity index (χ3n) is 11.3. The van der Waals surface area contributed by atoms with Crippen LogP contribution in [0.2, 0.25) is 0 Å². The van der Waals surface area contributed by atoms with Crippen LogP contribution < -0.4 is 0 Å². The van der Waals surface area contributed by atoms with Crippen LogP contribution in [0.15, 0.2) is 121 Å². The van der Waals surface area contributed by atoms with E-state index in [0.717, 1.165) is 55.5 Å². The van der Waals surface area contributed by atoms with Crippen LogP contribution in [0.5, 0.6) is 0 Å². The SMILES string of the molecule is COC(=O)c1ccc(-c2c3nc(c(-c4ccc(C(=O)OC)cc4)c4ccc([nH]4)c(-c4ccc(C(=O)OCCO)cc4)c4nc(c(-c5ccc(C(=O)OC)cc5)c5ccc2[nH]5)C=C4)C=C3)cc1. The molecule has 13 heteroatoms. The number of rotatable bonds is 10. The highest BCUT2D eigenvalue weighted by atomic mass is 16.5. The number of aromatic nitrogens is 4. The van der Waals surface area contributed by atoms with Gasteiger partial charge in [0, 0.05) is 44.3 Å². The van der Waals surface area contributed by atoms with E-state index < -0.39 is 23.9 Å². The van der Waals surface area contributed by atoms with Gasteiger partial charge in [0.25, 0.3) is 0 Å². The van der Waals surface area contributed by atoms with Gasteiger partial charge in [0.2, 0.25) is 0 Å². The number of methoxy groups -OCH3 is 3. The second kappa shape index (κ2) is 18.2. The molecule has 5 heterocycles. The number of aromatic amines is 2. The molecule has 2 aliphatic heterocycles. The first-order valence-electron chi connectivity index (χ1n) is 20.8. The second-order valence-corrected chi connectivity index (χ2v) is 15.1. The largest absolute Gasteiger partial charge is 0.465 e. The first-order valence-corrected chi connectivity index (χ1v) is 20.8. The summed E-state index contributed by atoms with van der Waals surface area (Å²) in [7, 11) is 4.02. The molecule has 9 rings (SSSR count). The number of carbonyl (C=O) groups is 4. The molecule has 2 aliphatic rings. The molecule has 4 aromatic carbocycles. The molecule has 8 bridgehead atoms. The number of aliphatic hydroxyl groups is 1. The molecule has 0 unspecified atom stereocenters. The fraction of sp³-hybridized carbons (Fsp3) is 0.0943. The maximum absolute atomic E-state index is 12.8. The molecule has 0 radical (unpaired) electrons. The molecule has 7 aromatic rings. The minimum absolute atomic E-state index is 0.122. The Labute approximate surface area is 377 Å². The molecule has 66 heavy (non-hydrogen) atoms. The summed E-state index contributed by atoms with van der Waals surface area (Å²) in [5.74, 6) is -1.95. The summed E-state index contributed by atoms with van der Waals surface area (Å²) in [6, 6.07) is 36.2. The van der Waals surface area contributed by atoms with Crippen molar-refractivity contribution in [3.8, 4) is 44.5 Å². The zero-order valence-electron chi connectivity index (χ0n) is 35.9. The average Bonchev–Trinajstić information content (AvgIpc) is 4.22. The van der Waals surface area contributed by atoms with E-state index in [1.54, 1.807) is 48.5 Å². The first-order chi connectivity index (χ1) is 32.2. The molecule has 3 aromatic heterocycles. The van der Waals surface area contributed by atoms with Gasteiger partial charge in [0.1, 0.15) is 6.61 Å².